The van der Waals surface area contributed by atoms with Gasteiger partial charge in [-0.2, -0.15) is 0 Å². The van der Waals surface area contributed by atoms with E-state index in [1.807, 2.05) is 0 Å². The third kappa shape index (κ3) is 2.01. The number of rotatable bonds is 2. The van der Waals surface area contributed by atoms with Crippen LogP contribution in [0.2, 0.25) is 0 Å². The zero-order valence-corrected chi connectivity index (χ0v) is 12.8. The van der Waals surface area contributed by atoms with Gasteiger partial charge in [-0.15, -0.1) is 0 Å². The Morgan fingerprint density at radius 2 is 1.74 bits per heavy atom. The third-order valence-corrected chi connectivity index (χ3v) is 6.49. The lowest BCUT2D eigenvalue weighted by Gasteiger charge is -2.24. The van der Waals surface area contributed by atoms with Gasteiger partial charge in [-0.25, -0.2) is 0 Å². The molecule has 3 heteroatoms. The van der Waals surface area contributed by atoms with Gasteiger partial charge >= 0.3 is 0 Å². The Hall–Kier alpha value is -0.570. The quantitative estimate of drug-likeness (QED) is 0.804. The van der Waals surface area contributed by atoms with Crippen LogP contribution in [0.3, 0.4) is 0 Å². The molecule has 2 N–H and O–H groups in total. The van der Waals surface area contributed by atoms with Gasteiger partial charge in [0.2, 0.25) is 5.91 Å². The second-order valence-electron chi connectivity index (χ2n) is 7.99. The van der Waals surface area contributed by atoms with Crippen molar-refractivity contribution >= 4 is 5.91 Å². The van der Waals surface area contributed by atoms with E-state index in [1.54, 1.807) is 0 Å². The number of carbonyl (C=O) groups is 1. The Bertz CT molecular complexity index is 360. The van der Waals surface area contributed by atoms with Gasteiger partial charge < -0.3 is 10.6 Å². The maximum Gasteiger partial charge on any atom is 0.237 e. The van der Waals surface area contributed by atoms with E-state index in [-0.39, 0.29) is 22.8 Å². The maximum absolute atomic E-state index is 12.4. The molecule has 3 unspecified atom stereocenters. The Balaban J connectivity index is 1.58. The molecule has 3 nitrogen and oxygen atoms in total. The fraction of sp³-hybridized carbons (Fsp3) is 0.938. The number of hydrogen-bond donors (Lipinski definition) is 2. The molecule has 3 fully saturated rings. The van der Waals surface area contributed by atoms with E-state index in [9.17, 15) is 4.79 Å². The number of amides is 1. The Labute approximate surface area is 116 Å². The number of carbonyl (C=O) groups excluding carboxylic acids is 1. The molecule has 1 saturated heterocycles. The Morgan fingerprint density at radius 3 is 2.32 bits per heavy atom. The first-order chi connectivity index (χ1) is 8.84. The van der Waals surface area contributed by atoms with E-state index < -0.39 is 0 Å². The van der Waals surface area contributed by atoms with Crippen LogP contribution in [0, 0.1) is 16.7 Å². The van der Waals surface area contributed by atoms with Crippen molar-refractivity contribution in [1.29, 1.82) is 0 Å². The van der Waals surface area contributed by atoms with Crippen LogP contribution in [0.5, 0.6) is 0 Å². The highest BCUT2D eigenvalue weighted by Gasteiger charge is 2.65. The summed E-state index contributed by atoms with van der Waals surface area (Å²) < 4.78 is 0. The predicted octanol–water partition coefficient (Wildman–Crippen LogP) is 2.46. The van der Waals surface area contributed by atoms with Crippen LogP contribution in [-0.4, -0.2) is 24.0 Å². The van der Waals surface area contributed by atoms with Crippen molar-refractivity contribution in [3.05, 3.63) is 0 Å². The molecule has 3 aliphatic rings. The molecule has 0 aromatic heterocycles. The Kier molecular flexibility index (Phi) is 2.97. The first-order valence-corrected chi connectivity index (χ1v) is 7.90. The first-order valence-electron chi connectivity index (χ1n) is 7.90. The molecule has 1 amide bonds. The fourth-order valence-corrected chi connectivity index (χ4v) is 4.32. The molecule has 19 heavy (non-hydrogen) atoms. The topological polar surface area (TPSA) is 41.1 Å². The maximum atomic E-state index is 12.4. The molecular weight excluding hydrogens is 236 g/mol. The van der Waals surface area contributed by atoms with Gasteiger partial charge in [0.15, 0.2) is 0 Å². The van der Waals surface area contributed by atoms with Crippen molar-refractivity contribution in [3.63, 3.8) is 0 Å². The zero-order chi connectivity index (χ0) is 13.8. The van der Waals surface area contributed by atoms with Gasteiger partial charge in [0, 0.05) is 12.1 Å². The predicted molar refractivity (Wildman–Crippen MR) is 76.8 cm³/mol. The summed E-state index contributed by atoms with van der Waals surface area (Å²) in [4.78, 5) is 12.4. The van der Waals surface area contributed by atoms with Crippen LogP contribution < -0.4 is 10.6 Å². The van der Waals surface area contributed by atoms with E-state index in [2.05, 4.69) is 38.3 Å². The lowest BCUT2D eigenvalue weighted by Crippen LogP contribution is -2.45. The van der Waals surface area contributed by atoms with Gasteiger partial charge in [-0.3, -0.25) is 4.79 Å². The lowest BCUT2D eigenvalue weighted by atomic mass is 9.85. The summed E-state index contributed by atoms with van der Waals surface area (Å²) in [6.07, 6.45) is 6.28. The van der Waals surface area contributed by atoms with Crippen LogP contribution in [0.1, 0.15) is 59.8 Å². The van der Waals surface area contributed by atoms with E-state index in [4.69, 9.17) is 0 Å². The molecule has 0 spiro atoms. The minimum atomic E-state index is 0.0558. The van der Waals surface area contributed by atoms with Gasteiger partial charge in [0.1, 0.15) is 0 Å². The average Bonchev–Trinajstić information content (AvgIpc) is 2.73. The van der Waals surface area contributed by atoms with Crippen LogP contribution in [0.4, 0.5) is 0 Å². The van der Waals surface area contributed by atoms with Gasteiger partial charge in [-0.05, 0) is 36.0 Å². The summed E-state index contributed by atoms with van der Waals surface area (Å²) in [5.74, 6) is 0.975. The normalized spacial score (nSPS) is 39.7. The first kappa shape index (κ1) is 13.4. The van der Waals surface area contributed by atoms with E-state index in [0.29, 0.717) is 12.1 Å². The summed E-state index contributed by atoms with van der Waals surface area (Å²) >= 11 is 0. The average molecular weight is 264 g/mol. The molecule has 1 aliphatic heterocycles. The smallest absolute Gasteiger partial charge is 0.237 e. The molecule has 2 aliphatic carbocycles. The highest BCUT2D eigenvalue weighted by atomic mass is 16.2. The van der Waals surface area contributed by atoms with Gasteiger partial charge in [0.25, 0.3) is 0 Å². The molecule has 3 rings (SSSR count). The molecule has 3 atom stereocenters. The van der Waals surface area contributed by atoms with E-state index in [0.717, 1.165) is 12.3 Å². The molecule has 1 heterocycles. The second kappa shape index (κ2) is 4.21. The monoisotopic (exact) mass is 264 g/mol. The SMILES string of the molecule is CC1(C)C(NC(=O)C2CC3CCCCC3N2)C1(C)C. The largest absolute Gasteiger partial charge is 0.351 e. The van der Waals surface area contributed by atoms with Crippen molar-refractivity contribution < 1.29 is 4.79 Å². The second-order valence-corrected chi connectivity index (χ2v) is 7.99. The van der Waals surface area contributed by atoms with Crippen LogP contribution >= 0.6 is 0 Å². The van der Waals surface area contributed by atoms with Crippen LogP contribution in [0.25, 0.3) is 0 Å². The molecular formula is C16H28N2O. The number of hydrogen-bond acceptors (Lipinski definition) is 2. The van der Waals surface area contributed by atoms with Crippen molar-refractivity contribution in [1.82, 2.24) is 10.6 Å². The lowest BCUT2D eigenvalue weighted by molar-refractivity contribution is -0.123. The fourth-order valence-electron chi connectivity index (χ4n) is 4.32. The standard InChI is InChI=1S/C16H28N2O/c1-15(2)14(16(15,3)4)18-13(19)12-9-10-7-5-6-8-11(10)17-12/h10-12,14,17H,5-9H2,1-4H3,(H,18,19). The minimum Gasteiger partial charge on any atom is -0.351 e. The molecule has 0 bridgehead atoms. The van der Waals surface area contributed by atoms with Crippen molar-refractivity contribution in [2.75, 3.05) is 0 Å². The number of fused-ring (bicyclic) bond motifs is 1. The molecule has 2 saturated carbocycles. The summed E-state index contributed by atoms with van der Waals surface area (Å²) in [5, 5.41) is 6.85. The molecule has 0 aromatic carbocycles. The van der Waals surface area contributed by atoms with Crippen LogP contribution in [-0.2, 0) is 4.79 Å². The van der Waals surface area contributed by atoms with E-state index in [1.165, 1.54) is 25.7 Å². The van der Waals surface area contributed by atoms with Crippen molar-refractivity contribution in [2.24, 2.45) is 16.7 Å². The molecule has 0 radical (unpaired) electrons. The summed E-state index contributed by atoms with van der Waals surface area (Å²) in [7, 11) is 0. The highest BCUT2D eigenvalue weighted by Crippen LogP contribution is 2.62. The van der Waals surface area contributed by atoms with Crippen molar-refractivity contribution in [2.45, 2.75) is 77.9 Å². The van der Waals surface area contributed by atoms with E-state index >= 15 is 0 Å². The summed E-state index contributed by atoms with van der Waals surface area (Å²) in [5.41, 5.74) is 0.460. The van der Waals surface area contributed by atoms with Gasteiger partial charge in [-0.1, -0.05) is 40.5 Å². The highest BCUT2D eigenvalue weighted by molar-refractivity contribution is 5.83. The van der Waals surface area contributed by atoms with Crippen LogP contribution in [0.15, 0.2) is 0 Å². The number of nitrogens with one attached hydrogen (secondary N) is 2. The van der Waals surface area contributed by atoms with Gasteiger partial charge in [0.05, 0.1) is 6.04 Å². The molecule has 0 aromatic rings. The minimum absolute atomic E-state index is 0.0558. The molecule has 108 valence electrons. The Morgan fingerprint density at radius 1 is 1.11 bits per heavy atom. The van der Waals surface area contributed by atoms with Crippen molar-refractivity contribution in [3.8, 4) is 0 Å². The summed E-state index contributed by atoms with van der Waals surface area (Å²) in [6.45, 7) is 9.00. The third-order valence-electron chi connectivity index (χ3n) is 6.49. The summed E-state index contributed by atoms with van der Waals surface area (Å²) in [6, 6.07) is 0.988. The zero-order valence-electron chi connectivity index (χ0n) is 12.8.